The molecule has 2 aromatic carbocycles. The number of aryl methyl sites for hydroxylation is 1. The highest BCUT2D eigenvalue weighted by atomic mass is 35.5. The average Bonchev–Trinajstić information content (AvgIpc) is 2.61. The van der Waals surface area contributed by atoms with Gasteiger partial charge in [-0.1, -0.05) is 56.3 Å². The van der Waals surface area contributed by atoms with Crippen molar-refractivity contribution in [3.8, 4) is 0 Å². The maximum absolute atomic E-state index is 12.9. The molecule has 0 saturated carbocycles. The van der Waals surface area contributed by atoms with Crippen LogP contribution >= 0.6 is 11.6 Å². The van der Waals surface area contributed by atoms with Crippen molar-refractivity contribution in [1.29, 1.82) is 0 Å². The van der Waals surface area contributed by atoms with Crippen LogP contribution in [0.4, 0.5) is 5.69 Å². The van der Waals surface area contributed by atoms with Crippen molar-refractivity contribution in [2.75, 3.05) is 4.90 Å². The Labute approximate surface area is 144 Å². The van der Waals surface area contributed by atoms with Crippen LogP contribution in [-0.4, -0.2) is 11.3 Å². The summed E-state index contributed by atoms with van der Waals surface area (Å²) >= 11 is 6.27. The molecule has 0 radical (unpaired) electrons. The average molecular weight is 330 g/mol. The van der Waals surface area contributed by atoms with Gasteiger partial charge in [0, 0.05) is 5.69 Å². The molecular formula is C20H24ClNO. The summed E-state index contributed by atoms with van der Waals surface area (Å²) in [6, 6.07) is 18.0. The van der Waals surface area contributed by atoms with Crippen LogP contribution in [0, 0.1) is 0 Å². The van der Waals surface area contributed by atoms with Gasteiger partial charge < -0.3 is 4.90 Å². The lowest BCUT2D eigenvalue weighted by molar-refractivity contribution is -0.118. The molecule has 2 unspecified atom stereocenters. The van der Waals surface area contributed by atoms with Gasteiger partial charge >= 0.3 is 0 Å². The van der Waals surface area contributed by atoms with E-state index in [1.165, 1.54) is 11.1 Å². The molecule has 0 heterocycles. The molecule has 2 rings (SSSR count). The summed E-state index contributed by atoms with van der Waals surface area (Å²) in [4.78, 5) is 14.7. The van der Waals surface area contributed by atoms with Crippen molar-refractivity contribution in [3.63, 3.8) is 0 Å². The number of hydrogen-bond donors (Lipinski definition) is 0. The Bertz CT molecular complexity index is 641. The van der Waals surface area contributed by atoms with Gasteiger partial charge in [0.15, 0.2) is 0 Å². The first-order chi connectivity index (χ1) is 11.1. The zero-order chi connectivity index (χ0) is 16.8. The monoisotopic (exact) mass is 329 g/mol. The summed E-state index contributed by atoms with van der Waals surface area (Å²) in [5, 5.41) is -0.508. The zero-order valence-corrected chi connectivity index (χ0v) is 14.8. The van der Waals surface area contributed by atoms with Crippen LogP contribution in [-0.2, 0) is 11.2 Å². The Balaban J connectivity index is 2.47. The molecule has 0 saturated heterocycles. The summed E-state index contributed by atoms with van der Waals surface area (Å²) in [5.41, 5.74) is 3.32. The van der Waals surface area contributed by atoms with Crippen molar-refractivity contribution in [2.45, 2.75) is 45.0 Å². The third-order valence-corrected chi connectivity index (χ3v) is 4.67. The van der Waals surface area contributed by atoms with Gasteiger partial charge in [0.2, 0.25) is 5.91 Å². The first-order valence-electron chi connectivity index (χ1n) is 8.20. The fraction of sp³-hybridized carbons (Fsp3) is 0.350. The second-order valence-corrected chi connectivity index (χ2v) is 6.17. The minimum absolute atomic E-state index is 0.0428. The first-order valence-corrected chi connectivity index (χ1v) is 8.63. The highest BCUT2D eigenvalue weighted by Gasteiger charge is 2.28. The number of para-hydroxylation sites is 1. The van der Waals surface area contributed by atoms with E-state index in [4.69, 9.17) is 11.6 Å². The maximum atomic E-state index is 12.9. The van der Waals surface area contributed by atoms with E-state index >= 15 is 0 Å². The molecule has 0 N–H and O–H groups in total. The van der Waals surface area contributed by atoms with Gasteiger partial charge in [-0.15, -0.1) is 11.6 Å². The largest absolute Gasteiger partial charge is 0.304 e. The molecule has 0 bridgehead atoms. The summed E-state index contributed by atoms with van der Waals surface area (Å²) < 4.78 is 0. The van der Waals surface area contributed by atoms with E-state index in [0.717, 1.165) is 12.1 Å². The smallest absolute Gasteiger partial charge is 0.245 e. The summed E-state index contributed by atoms with van der Waals surface area (Å²) in [6.07, 6.45) is 1.56. The highest BCUT2D eigenvalue weighted by Crippen LogP contribution is 2.30. The lowest BCUT2D eigenvalue weighted by Crippen LogP contribution is -2.39. The van der Waals surface area contributed by atoms with Crippen LogP contribution in [0.25, 0.3) is 0 Å². The molecule has 2 atom stereocenters. The molecule has 0 aliphatic carbocycles. The van der Waals surface area contributed by atoms with Crippen molar-refractivity contribution < 1.29 is 4.79 Å². The fourth-order valence-electron chi connectivity index (χ4n) is 2.86. The van der Waals surface area contributed by atoms with Gasteiger partial charge in [0.1, 0.15) is 5.38 Å². The number of rotatable bonds is 6. The van der Waals surface area contributed by atoms with Crippen LogP contribution in [0.5, 0.6) is 0 Å². The summed E-state index contributed by atoms with van der Waals surface area (Å²) in [7, 11) is 0. The Morgan fingerprint density at radius 2 is 1.65 bits per heavy atom. The Hall–Kier alpha value is -1.80. The third-order valence-electron chi connectivity index (χ3n) is 4.17. The number of alkyl halides is 1. The summed E-state index contributed by atoms with van der Waals surface area (Å²) in [6.45, 7) is 6.14. The van der Waals surface area contributed by atoms with E-state index in [1.54, 1.807) is 0 Å². The van der Waals surface area contributed by atoms with Crippen LogP contribution in [0.15, 0.2) is 54.6 Å². The van der Waals surface area contributed by atoms with E-state index in [2.05, 4.69) is 26.0 Å². The molecule has 23 heavy (non-hydrogen) atoms. The minimum Gasteiger partial charge on any atom is -0.304 e. The number of halogens is 1. The van der Waals surface area contributed by atoms with Gasteiger partial charge in [-0.05, 0) is 43.0 Å². The van der Waals surface area contributed by atoms with E-state index in [-0.39, 0.29) is 11.9 Å². The molecule has 1 amide bonds. The topological polar surface area (TPSA) is 20.3 Å². The summed E-state index contributed by atoms with van der Waals surface area (Å²) in [5.74, 6) is -0.0428. The molecule has 0 aliphatic heterocycles. The molecule has 2 nitrogen and oxygen atoms in total. The SMILES string of the molecule is CCc1ccccc1C(C)N(C(=O)C(Cl)CC)c1ccccc1. The van der Waals surface area contributed by atoms with Crippen LogP contribution in [0.1, 0.15) is 44.4 Å². The molecular weight excluding hydrogens is 306 g/mol. The first kappa shape index (κ1) is 17.6. The van der Waals surface area contributed by atoms with Crippen molar-refractivity contribution in [1.82, 2.24) is 0 Å². The molecule has 0 aromatic heterocycles. The zero-order valence-electron chi connectivity index (χ0n) is 14.0. The lowest BCUT2D eigenvalue weighted by Gasteiger charge is -2.32. The number of hydrogen-bond acceptors (Lipinski definition) is 1. The quantitative estimate of drug-likeness (QED) is 0.653. The van der Waals surface area contributed by atoms with E-state index in [0.29, 0.717) is 6.42 Å². The third kappa shape index (κ3) is 3.94. The Kier molecular flexibility index (Phi) is 6.23. The molecule has 0 aliphatic rings. The van der Waals surface area contributed by atoms with Crippen molar-refractivity contribution >= 4 is 23.2 Å². The van der Waals surface area contributed by atoms with Crippen molar-refractivity contribution in [3.05, 3.63) is 65.7 Å². The number of nitrogens with zero attached hydrogens (tertiary/aromatic N) is 1. The minimum atomic E-state index is -0.508. The van der Waals surface area contributed by atoms with Crippen molar-refractivity contribution in [2.24, 2.45) is 0 Å². The van der Waals surface area contributed by atoms with Gasteiger partial charge in [-0.2, -0.15) is 0 Å². The number of carbonyl (C=O) groups excluding carboxylic acids is 1. The molecule has 122 valence electrons. The second kappa shape index (κ2) is 8.16. The van der Waals surface area contributed by atoms with Gasteiger partial charge in [-0.3, -0.25) is 4.79 Å². The molecule has 0 fully saturated rings. The fourth-order valence-corrected chi connectivity index (χ4v) is 2.96. The molecule has 3 heteroatoms. The van der Waals surface area contributed by atoms with Gasteiger partial charge in [0.25, 0.3) is 0 Å². The molecule has 2 aromatic rings. The number of amides is 1. The standard InChI is InChI=1S/C20H24ClNO/c1-4-16-11-9-10-14-18(16)15(3)22(20(23)19(21)5-2)17-12-7-6-8-13-17/h6-15,19H,4-5H2,1-3H3. The van der Waals surface area contributed by atoms with Gasteiger partial charge in [-0.25, -0.2) is 0 Å². The predicted molar refractivity (Wildman–Crippen MR) is 98.1 cm³/mol. The van der Waals surface area contributed by atoms with Crippen LogP contribution in [0.3, 0.4) is 0 Å². The number of carbonyl (C=O) groups is 1. The van der Waals surface area contributed by atoms with E-state index in [9.17, 15) is 4.79 Å². The molecule has 0 spiro atoms. The van der Waals surface area contributed by atoms with Crippen LogP contribution < -0.4 is 4.90 Å². The normalized spacial score (nSPS) is 13.4. The lowest BCUT2D eigenvalue weighted by atomic mass is 9.97. The van der Waals surface area contributed by atoms with Crippen LogP contribution in [0.2, 0.25) is 0 Å². The highest BCUT2D eigenvalue weighted by molar-refractivity contribution is 6.32. The predicted octanol–water partition coefficient (Wildman–Crippen LogP) is 5.36. The number of benzene rings is 2. The Morgan fingerprint density at radius 3 is 2.26 bits per heavy atom. The van der Waals surface area contributed by atoms with E-state index in [1.807, 2.05) is 54.3 Å². The number of anilines is 1. The van der Waals surface area contributed by atoms with Gasteiger partial charge in [0.05, 0.1) is 6.04 Å². The Morgan fingerprint density at radius 1 is 1.04 bits per heavy atom. The maximum Gasteiger partial charge on any atom is 0.245 e. The second-order valence-electron chi connectivity index (χ2n) is 5.65. The van der Waals surface area contributed by atoms with E-state index < -0.39 is 5.38 Å².